The van der Waals surface area contributed by atoms with E-state index in [4.69, 9.17) is 17.0 Å². The van der Waals surface area contributed by atoms with Crippen molar-refractivity contribution in [3.8, 4) is 5.75 Å². The fourth-order valence-electron chi connectivity index (χ4n) is 2.30. The Balaban J connectivity index is 2.33. The predicted molar refractivity (Wildman–Crippen MR) is 94.3 cm³/mol. The van der Waals surface area contributed by atoms with E-state index in [1.54, 1.807) is 33.1 Å². The second-order valence-electron chi connectivity index (χ2n) is 5.36. The van der Waals surface area contributed by atoms with Crippen molar-refractivity contribution in [1.29, 1.82) is 0 Å². The summed E-state index contributed by atoms with van der Waals surface area (Å²) < 4.78 is 5.42. The Morgan fingerprint density at radius 2 is 2.13 bits per heavy atom. The number of methoxy groups -OCH3 is 1. The van der Waals surface area contributed by atoms with Crippen LogP contribution in [0.2, 0.25) is 0 Å². The second kappa shape index (κ2) is 7.14. The molecule has 122 valence electrons. The van der Waals surface area contributed by atoms with Crippen LogP contribution in [0.15, 0.2) is 29.2 Å². The van der Waals surface area contributed by atoms with Crippen molar-refractivity contribution >= 4 is 46.3 Å². The SMILES string of the molecule is COc1cccc(/C=C2\SC(=S)N([C@@H](C(=O)O)C(C)C)C2=O)c1. The van der Waals surface area contributed by atoms with E-state index in [1.165, 1.54) is 4.90 Å². The minimum atomic E-state index is -1.06. The molecule has 1 atom stereocenters. The molecule has 1 saturated heterocycles. The third kappa shape index (κ3) is 3.73. The van der Waals surface area contributed by atoms with Crippen molar-refractivity contribution in [2.24, 2.45) is 5.92 Å². The van der Waals surface area contributed by atoms with Gasteiger partial charge in [0.2, 0.25) is 0 Å². The van der Waals surface area contributed by atoms with Crippen molar-refractivity contribution < 1.29 is 19.4 Å². The highest BCUT2D eigenvalue weighted by molar-refractivity contribution is 8.26. The number of carbonyl (C=O) groups excluding carboxylic acids is 1. The van der Waals surface area contributed by atoms with Gasteiger partial charge >= 0.3 is 5.97 Å². The predicted octanol–water partition coefficient (Wildman–Crippen LogP) is 3.01. The van der Waals surface area contributed by atoms with Gasteiger partial charge in [0.05, 0.1) is 12.0 Å². The van der Waals surface area contributed by atoms with Crippen molar-refractivity contribution in [3.63, 3.8) is 0 Å². The Bertz CT molecular complexity index is 684. The standard InChI is InChI=1S/C16H17NO4S2/c1-9(2)13(15(19)20)17-14(18)12(23-16(17)22)8-10-5-4-6-11(7-10)21-3/h4-9,13H,1-3H3,(H,19,20)/b12-8-/t13-/m1/s1. The van der Waals surface area contributed by atoms with E-state index in [0.717, 1.165) is 17.3 Å². The van der Waals surface area contributed by atoms with Gasteiger partial charge in [-0.25, -0.2) is 4.79 Å². The largest absolute Gasteiger partial charge is 0.497 e. The molecular weight excluding hydrogens is 334 g/mol. The molecule has 0 unspecified atom stereocenters. The van der Waals surface area contributed by atoms with Gasteiger partial charge in [-0.2, -0.15) is 0 Å². The molecule has 5 nitrogen and oxygen atoms in total. The fraction of sp³-hybridized carbons (Fsp3) is 0.312. The first-order valence-electron chi connectivity index (χ1n) is 6.99. The van der Waals surface area contributed by atoms with Gasteiger partial charge in [0.15, 0.2) is 0 Å². The molecule has 0 aromatic heterocycles. The van der Waals surface area contributed by atoms with Crippen LogP contribution in [0.4, 0.5) is 0 Å². The number of aliphatic carboxylic acids is 1. The summed E-state index contributed by atoms with van der Waals surface area (Å²) in [6.45, 7) is 3.51. The molecule has 23 heavy (non-hydrogen) atoms. The first kappa shape index (κ1) is 17.5. The molecule has 1 amide bonds. The lowest BCUT2D eigenvalue weighted by molar-refractivity contribution is -0.146. The summed E-state index contributed by atoms with van der Waals surface area (Å²) in [7, 11) is 1.57. The van der Waals surface area contributed by atoms with Gasteiger partial charge < -0.3 is 9.84 Å². The van der Waals surface area contributed by atoms with Crippen molar-refractivity contribution in [3.05, 3.63) is 34.7 Å². The number of carboxylic acid groups (broad SMARTS) is 1. The molecule has 7 heteroatoms. The number of thioether (sulfide) groups is 1. The summed E-state index contributed by atoms with van der Waals surface area (Å²) in [6.07, 6.45) is 1.70. The number of amides is 1. The Labute approximate surface area is 144 Å². The fourth-order valence-corrected chi connectivity index (χ4v) is 3.63. The van der Waals surface area contributed by atoms with Gasteiger partial charge in [0.25, 0.3) is 5.91 Å². The van der Waals surface area contributed by atoms with Crippen molar-refractivity contribution in [2.45, 2.75) is 19.9 Å². The van der Waals surface area contributed by atoms with Crippen LogP contribution in [0.5, 0.6) is 5.75 Å². The number of ether oxygens (including phenoxy) is 1. The minimum Gasteiger partial charge on any atom is -0.497 e. The molecule has 0 spiro atoms. The zero-order valence-corrected chi connectivity index (χ0v) is 14.6. The van der Waals surface area contributed by atoms with E-state index in [1.807, 2.05) is 18.2 Å². The number of rotatable bonds is 5. The average molecular weight is 351 g/mol. The molecule has 1 aromatic rings. The number of carboxylic acids is 1. The highest BCUT2D eigenvalue weighted by Gasteiger charge is 2.41. The van der Waals surface area contributed by atoms with E-state index in [-0.39, 0.29) is 16.1 Å². The third-order valence-electron chi connectivity index (χ3n) is 3.38. The molecule has 1 aliphatic rings. The zero-order valence-electron chi connectivity index (χ0n) is 13.0. The normalized spacial score (nSPS) is 17.9. The molecule has 0 radical (unpaired) electrons. The first-order chi connectivity index (χ1) is 10.8. The third-order valence-corrected chi connectivity index (χ3v) is 4.71. The van der Waals surface area contributed by atoms with Crippen LogP contribution in [0, 0.1) is 5.92 Å². The van der Waals surface area contributed by atoms with Crippen LogP contribution in [-0.4, -0.2) is 39.4 Å². The Morgan fingerprint density at radius 3 is 2.70 bits per heavy atom. The molecule has 0 saturated carbocycles. The Hall–Kier alpha value is -1.86. The summed E-state index contributed by atoms with van der Waals surface area (Å²) >= 11 is 6.33. The average Bonchev–Trinajstić information content (AvgIpc) is 2.75. The topological polar surface area (TPSA) is 66.8 Å². The number of benzene rings is 1. The molecule has 1 heterocycles. The van der Waals surface area contributed by atoms with E-state index < -0.39 is 12.0 Å². The van der Waals surface area contributed by atoms with Crippen LogP contribution in [0.3, 0.4) is 0 Å². The summed E-state index contributed by atoms with van der Waals surface area (Å²) in [5.41, 5.74) is 0.793. The minimum absolute atomic E-state index is 0.244. The van der Waals surface area contributed by atoms with E-state index >= 15 is 0 Å². The van der Waals surface area contributed by atoms with E-state index in [9.17, 15) is 14.7 Å². The summed E-state index contributed by atoms with van der Waals surface area (Å²) in [5, 5.41) is 9.39. The Kier molecular flexibility index (Phi) is 5.43. The number of hydrogen-bond donors (Lipinski definition) is 1. The Morgan fingerprint density at radius 1 is 1.43 bits per heavy atom. The van der Waals surface area contributed by atoms with Gasteiger partial charge in [0.1, 0.15) is 16.1 Å². The highest BCUT2D eigenvalue weighted by Crippen LogP contribution is 2.35. The molecule has 0 bridgehead atoms. The van der Waals surface area contributed by atoms with E-state index in [0.29, 0.717) is 10.7 Å². The highest BCUT2D eigenvalue weighted by atomic mass is 32.2. The molecule has 0 aliphatic carbocycles. The molecule has 1 fully saturated rings. The molecule has 2 rings (SSSR count). The van der Waals surface area contributed by atoms with Crippen molar-refractivity contribution in [2.75, 3.05) is 7.11 Å². The van der Waals surface area contributed by atoms with Crippen LogP contribution >= 0.6 is 24.0 Å². The maximum Gasteiger partial charge on any atom is 0.327 e. The first-order valence-corrected chi connectivity index (χ1v) is 8.21. The lowest BCUT2D eigenvalue weighted by Crippen LogP contribution is -2.47. The smallest absolute Gasteiger partial charge is 0.327 e. The van der Waals surface area contributed by atoms with Gasteiger partial charge in [0, 0.05) is 0 Å². The van der Waals surface area contributed by atoms with Crippen LogP contribution in [0.1, 0.15) is 19.4 Å². The number of carbonyl (C=O) groups is 2. The molecule has 1 N–H and O–H groups in total. The summed E-state index contributed by atoms with van der Waals surface area (Å²) in [6, 6.07) is 6.30. The maximum atomic E-state index is 12.6. The van der Waals surface area contributed by atoms with Crippen LogP contribution in [0.25, 0.3) is 6.08 Å². The van der Waals surface area contributed by atoms with Gasteiger partial charge in [-0.05, 0) is 29.7 Å². The lowest BCUT2D eigenvalue weighted by atomic mass is 10.0. The van der Waals surface area contributed by atoms with E-state index in [2.05, 4.69) is 0 Å². The van der Waals surface area contributed by atoms with Gasteiger partial charge in [-0.3, -0.25) is 9.69 Å². The molecule has 1 aromatic carbocycles. The van der Waals surface area contributed by atoms with Crippen molar-refractivity contribution in [1.82, 2.24) is 4.90 Å². The number of thiocarbonyl (C=S) groups is 1. The van der Waals surface area contributed by atoms with Gasteiger partial charge in [-0.1, -0.05) is 50.0 Å². The quantitative estimate of drug-likeness (QED) is 0.650. The second-order valence-corrected chi connectivity index (χ2v) is 7.03. The van der Waals surface area contributed by atoms with Crippen LogP contribution in [-0.2, 0) is 9.59 Å². The summed E-state index contributed by atoms with van der Waals surface area (Å²) in [5.74, 6) is -0.992. The maximum absolute atomic E-state index is 12.6. The zero-order chi connectivity index (χ0) is 17.1. The molecule has 1 aliphatic heterocycles. The molecular formula is C16H17NO4S2. The monoisotopic (exact) mass is 351 g/mol. The lowest BCUT2D eigenvalue weighted by Gasteiger charge is -2.26. The number of nitrogens with zero attached hydrogens (tertiary/aromatic N) is 1. The summed E-state index contributed by atoms with van der Waals surface area (Å²) in [4.78, 5) is 25.7. The number of hydrogen-bond acceptors (Lipinski definition) is 5. The van der Waals surface area contributed by atoms with Crippen LogP contribution < -0.4 is 4.74 Å². The van der Waals surface area contributed by atoms with Gasteiger partial charge in [-0.15, -0.1) is 0 Å².